The van der Waals surface area contributed by atoms with E-state index in [1.165, 1.54) is 12.1 Å². The lowest BCUT2D eigenvalue weighted by Crippen LogP contribution is -2.49. The molecule has 3 N–H and O–H groups in total. The molecule has 1 aliphatic rings. The van der Waals surface area contributed by atoms with E-state index in [2.05, 4.69) is 10.0 Å². The van der Waals surface area contributed by atoms with Gasteiger partial charge in [-0.15, -0.1) is 0 Å². The Balaban J connectivity index is 2.08. The Morgan fingerprint density at radius 2 is 1.92 bits per heavy atom. The van der Waals surface area contributed by atoms with Crippen LogP contribution in [0.2, 0.25) is 0 Å². The van der Waals surface area contributed by atoms with Crippen molar-refractivity contribution < 1.29 is 23.1 Å². The van der Waals surface area contributed by atoms with Crippen molar-refractivity contribution in [2.45, 2.75) is 43.4 Å². The molecule has 0 saturated carbocycles. The van der Waals surface area contributed by atoms with Crippen molar-refractivity contribution in [3.05, 3.63) is 42.0 Å². The van der Waals surface area contributed by atoms with Gasteiger partial charge in [0.1, 0.15) is 6.10 Å². The summed E-state index contributed by atoms with van der Waals surface area (Å²) in [5.74, 6) is -0.160. The lowest BCUT2D eigenvalue weighted by molar-refractivity contribution is -0.125. The molecule has 138 valence electrons. The van der Waals surface area contributed by atoms with Gasteiger partial charge in [-0.2, -0.15) is 0 Å². The van der Waals surface area contributed by atoms with Gasteiger partial charge in [-0.05, 0) is 26.0 Å². The summed E-state index contributed by atoms with van der Waals surface area (Å²) in [5.41, 5.74) is 0.960. The van der Waals surface area contributed by atoms with Crippen LogP contribution in [-0.2, 0) is 19.6 Å². The smallest absolute Gasteiger partial charge is 0.241 e. The number of ether oxygens (including phenoxy) is 1. The van der Waals surface area contributed by atoms with Gasteiger partial charge in [0.15, 0.2) is 0 Å². The second-order valence-corrected chi connectivity index (χ2v) is 7.61. The van der Waals surface area contributed by atoms with Crippen molar-refractivity contribution in [1.29, 1.82) is 0 Å². The molecular weight excluding hydrogens is 344 g/mol. The van der Waals surface area contributed by atoms with Gasteiger partial charge in [-0.1, -0.05) is 29.8 Å². The molecule has 1 aromatic rings. The third kappa shape index (κ3) is 5.37. The zero-order valence-corrected chi connectivity index (χ0v) is 15.1. The van der Waals surface area contributed by atoms with E-state index in [-0.39, 0.29) is 23.8 Å². The van der Waals surface area contributed by atoms with Gasteiger partial charge in [0.2, 0.25) is 15.9 Å². The quantitative estimate of drug-likeness (QED) is 0.608. The van der Waals surface area contributed by atoms with Gasteiger partial charge in [-0.3, -0.25) is 4.79 Å². The molecule has 2 rings (SSSR count). The Morgan fingerprint density at radius 3 is 2.52 bits per heavy atom. The van der Waals surface area contributed by atoms with E-state index in [9.17, 15) is 18.3 Å². The van der Waals surface area contributed by atoms with Crippen LogP contribution in [0.25, 0.3) is 0 Å². The number of benzene rings is 1. The van der Waals surface area contributed by atoms with Crippen LogP contribution in [0.5, 0.6) is 0 Å². The molecule has 7 nitrogen and oxygen atoms in total. The number of carbonyl (C=O) groups excluding carboxylic acids is 1. The molecule has 3 atom stereocenters. The zero-order valence-electron chi connectivity index (χ0n) is 14.3. The monoisotopic (exact) mass is 368 g/mol. The SMILES string of the molecule is CCNC(=O)C[C@H]1C=C[C@H](NS(=O)(=O)c2ccc(C)cc2)[C@H](CO)O1. The minimum Gasteiger partial charge on any atom is -0.394 e. The molecule has 0 bridgehead atoms. The van der Waals surface area contributed by atoms with Crippen molar-refractivity contribution in [2.24, 2.45) is 0 Å². The van der Waals surface area contributed by atoms with Crippen LogP contribution in [0.1, 0.15) is 18.9 Å². The molecule has 1 heterocycles. The summed E-state index contributed by atoms with van der Waals surface area (Å²) in [6, 6.07) is 5.77. The fraction of sp³-hybridized carbons (Fsp3) is 0.471. The standard InChI is InChI=1S/C17H24N2O5S/c1-3-18-17(21)10-13-6-9-15(16(11-20)24-13)19-25(22,23)14-7-4-12(2)5-8-14/h4-9,13,15-16,19-20H,3,10-11H2,1-2H3,(H,18,21)/t13-,15+,16+/m1/s1. The molecule has 0 aliphatic carbocycles. The average molecular weight is 368 g/mol. The minimum atomic E-state index is -3.74. The molecule has 1 aromatic carbocycles. The largest absolute Gasteiger partial charge is 0.394 e. The van der Waals surface area contributed by atoms with Gasteiger partial charge < -0.3 is 15.2 Å². The first-order valence-electron chi connectivity index (χ1n) is 8.16. The number of carbonyl (C=O) groups is 1. The maximum atomic E-state index is 12.5. The van der Waals surface area contributed by atoms with Crippen molar-refractivity contribution in [1.82, 2.24) is 10.0 Å². The lowest BCUT2D eigenvalue weighted by Gasteiger charge is -2.31. The van der Waals surface area contributed by atoms with Crippen molar-refractivity contribution in [3.8, 4) is 0 Å². The molecular formula is C17H24N2O5S. The molecule has 0 spiro atoms. The first kappa shape index (κ1) is 19.6. The average Bonchev–Trinajstić information content (AvgIpc) is 2.56. The number of sulfonamides is 1. The molecule has 1 aliphatic heterocycles. The summed E-state index contributed by atoms with van der Waals surface area (Å²) in [6.45, 7) is 3.86. The predicted octanol–water partition coefficient (Wildman–Crippen LogP) is 0.484. The molecule has 0 aromatic heterocycles. The van der Waals surface area contributed by atoms with Crippen LogP contribution < -0.4 is 10.0 Å². The second-order valence-electron chi connectivity index (χ2n) is 5.90. The number of amides is 1. The van der Waals surface area contributed by atoms with E-state index in [0.29, 0.717) is 6.54 Å². The summed E-state index contributed by atoms with van der Waals surface area (Å²) in [7, 11) is -3.74. The molecule has 0 radical (unpaired) electrons. The van der Waals surface area contributed by atoms with E-state index in [1.54, 1.807) is 24.3 Å². The molecule has 8 heteroatoms. The van der Waals surface area contributed by atoms with Crippen LogP contribution >= 0.6 is 0 Å². The second kappa shape index (κ2) is 8.57. The highest BCUT2D eigenvalue weighted by atomic mass is 32.2. The fourth-order valence-corrected chi connectivity index (χ4v) is 3.75. The van der Waals surface area contributed by atoms with Crippen molar-refractivity contribution in [2.75, 3.05) is 13.2 Å². The summed E-state index contributed by atoms with van der Waals surface area (Å²) in [4.78, 5) is 11.8. The van der Waals surface area contributed by atoms with Crippen LogP contribution in [0.3, 0.4) is 0 Å². The maximum Gasteiger partial charge on any atom is 0.241 e. The highest BCUT2D eigenvalue weighted by molar-refractivity contribution is 7.89. The number of rotatable bonds is 7. The normalized spacial score (nSPS) is 23.4. The predicted molar refractivity (Wildman–Crippen MR) is 93.5 cm³/mol. The van der Waals surface area contributed by atoms with Crippen LogP contribution in [0.4, 0.5) is 0 Å². The Kier molecular flexibility index (Phi) is 6.71. The molecule has 0 unspecified atom stereocenters. The number of aliphatic hydroxyl groups excluding tert-OH is 1. The Labute approximate surface area is 148 Å². The van der Waals surface area contributed by atoms with Crippen LogP contribution in [0.15, 0.2) is 41.3 Å². The maximum absolute atomic E-state index is 12.5. The first-order chi connectivity index (χ1) is 11.9. The highest BCUT2D eigenvalue weighted by Gasteiger charge is 2.31. The van der Waals surface area contributed by atoms with Gasteiger partial charge >= 0.3 is 0 Å². The number of hydrogen-bond acceptors (Lipinski definition) is 5. The number of nitrogens with one attached hydrogen (secondary N) is 2. The third-order valence-corrected chi connectivity index (χ3v) is 5.32. The fourth-order valence-electron chi connectivity index (χ4n) is 2.53. The van der Waals surface area contributed by atoms with E-state index < -0.39 is 28.3 Å². The number of aliphatic hydroxyl groups is 1. The minimum absolute atomic E-state index is 0.123. The van der Waals surface area contributed by atoms with E-state index >= 15 is 0 Å². The molecule has 0 fully saturated rings. The number of aryl methyl sites for hydroxylation is 1. The van der Waals surface area contributed by atoms with Gasteiger partial charge in [0.25, 0.3) is 0 Å². The molecule has 1 amide bonds. The molecule has 0 saturated heterocycles. The zero-order chi connectivity index (χ0) is 18.4. The summed E-state index contributed by atoms with van der Waals surface area (Å²) >= 11 is 0. The van der Waals surface area contributed by atoms with Crippen LogP contribution in [0, 0.1) is 6.92 Å². The Bertz CT molecular complexity index is 715. The van der Waals surface area contributed by atoms with E-state index in [0.717, 1.165) is 5.56 Å². The third-order valence-electron chi connectivity index (χ3n) is 3.85. The summed E-state index contributed by atoms with van der Waals surface area (Å²) < 4.78 is 33.1. The highest BCUT2D eigenvalue weighted by Crippen LogP contribution is 2.18. The van der Waals surface area contributed by atoms with Gasteiger partial charge in [0, 0.05) is 6.54 Å². The van der Waals surface area contributed by atoms with Crippen LogP contribution in [-0.4, -0.2) is 50.8 Å². The van der Waals surface area contributed by atoms with E-state index in [4.69, 9.17) is 4.74 Å². The lowest BCUT2D eigenvalue weighted by atomic mass is 10.1. The van der Waals surface area contributed by atoms with Crippen molar-refractivity contribution in [3.63, 3.8) is 0 Å². The Morgan fingerprint density at radius 1 is 1.24 bits per heavy atom. The van der Waals surface area contributed by atoms with Gasteiger partial charge in [0.05, 0.1) is 30.1 Å². The summed E-state index contributed by atoms with van der Waals surface area (Å²) in [5, 5.41) is 12.2. The van der Waals surface area contributed by atoms with Crippen molar-refractivity contribution >= 4 is 15.9 Å². The van der Waals surface area contributed by atoms with Gasteiger partial charge in [-0.25, -0.2) is 13.1 Å². The molecule has 25 heavy (non-hydrogen) atoms. The summed E-state index contributed by atoms with van der Waals surface area (Å²) in [6.07, 6.45) is 2.13. The first-order valence-corrected chi connectivity index (χ1v) is 9.64. The topological polar surface area (TPSA) is 105 Å². The number of hydrogen-bond donors (Lipinski definition) is 3. The Hall–Kier alpha value is -1.74. The van der Waals surface area contributed by atoms with E-state index in [1.807, 2.05) is 13.8 Å².